The maximum Gasteiger partial charge on any atom is 0.191 e. The van der Waals surface area contributed by atoms with Gasteiger partial charge in [0, 0.05) is 32.6 Å². The summed E-state index contributed by atoms with van der Waals surface area (Å²) in [5.41, 5.74) is 2.16. The van der Waals surface area contributed by atoms with Crippen molar-refractivity contribution in [3.05, 3.63) is 60.0 Å². The first-order chi connectivity index (χ1) is 13.3. The molecule has 3 aromatic rings. The lowest BCUT2D eigenvalue weighted by molar-refractivity contribution is 0.235. The van der Waals surface area contributed by atoms with Crippen molar-refractivity contribution in [2.75, 3.05) is 20.1 Å². The Morgan fingerprint density at radius 2 is 2.04 bits per heavy atom. The monoisotopic (exact) mass is 492 g/mol. The summed E-state index contributed by atoms with van der Waals surface area (Å²) in [5.74, 6) is 2.76. The van der Waals surface area contributed by atoms with Crippen molar-refractivity contribution < 1.29 is 4.74 Å². The van der Waals surface area contributed by atoms with Crippen LogP contribution in [0.4, 0.5) is 0 Å². The Morgan fingerprint density at radius 3 is 2.89 bits per heavy atom. The number of hydrogen-bond donors (Lipinski definition) is 2. The van der Waals surface area contributed by atoms with E-state index in [1.807, 2.05) is 40.9 Å². The van der Waals surface area contributed by atoms with Gasteiger partial charge < -0.3 is 15.4 Å². The van der Waals surface area contributed by atoms with Crippen LogP contribution < -0.4 is 15.4 Å². The molecule has 7 nitrogen and oxygen atoms in total. The molecule has 1 aliphatic rings. The van der Waals surface area contributed by atoms with Crippen LogP contribution in [0.2, 0.25) is 0 Å². The van der Waals surface area contributed by atoms with E-state index in [9.17, 15) is 0 Å². The number of fused-ring (bicyclic) bond motifs is 2. The van der Waals surface area contributed by atoms with Crippen molar-refractivity contribution in [2.45, 2.75) is 25.4 Å². The summed E-state index contributed by atoms with van der Waals surface area (Å²) in [5, 5.41) is 15.1. The smallest absolute Gasteiger partial charge is 0.191 e. The quantitative estimate of drug-likeness (QED) is 0.239. The minimum Gasteiger partial charge on any atom is -0.488 e. The fraction of sp³-hybridized carbons (Fsp3) is 0.350. The molecule has 1 aliphatic heterocycles. The molecule has 0 aliphatic carbocycles. The van der Waals surface area contributed by atoms with E-state index in [2.05, 4.69) is 38.0 Å². The molecule has 4 rings (SSSR count). The predicted molar refractivity (Wildman–Crippen MR) is 121 cm³/mol. The van der Waals surface area contributed by atoms with Crippen LogP contribution in [0.3, 0.4) is 0 Å². The standard InChI is InChI=1S/C20H24N6O.HI/c1-21-20(23-14-16-13-15-7-2-3-8-17(15)27-16)22-11-6-10-19-25-24-18-9-4-5-12-26(18)19;/h2-5,7-9,12,16H,6,10-11,13-14H2,1H3,(H2,21,22,23);1H. The van der Waals surface area contributed by atoms with Crippen molar-refractivity contribution in [1.29, 1.82) is 0 Å². The van der Waals surface area contributed by atoms with Crippen LogP contribution >= 0.6 is 24.0 Å². The summed E-state index contributed by atoms with van der Waals surface area (Å²) in [6, 6.07) is 14.1. The topological polar surface area (TPSA) is 75.8 Å². The highest BCUT2D eigenvalue weighted by atomic mass is 127. The number of nitrogens with one attached hydrogen (secondary N) is 2. The third-order valence-electron chi connectivity index (χ3n) is 4.69. The molecular weight excluding hydrogens is 467 g/mol. The highest BCUT2D eigenvalue weighted by Gasteiger charge is 2.22. The molecule has 1 aromatic carbocycles. The number of aryl methyl sites for hydroxylation is 1. The Kier molecular flexibility index (Phi) is 7.07. The molecule has 3 heterocycles. The lowest BCUT2D eigenvalue weighted by Gasteiger charge is -2.15. The Morgan fingerprint density at radius 1 is 1.18 bits per heavy atom. The Labute approximate surface area is 181 Å². The largest absolute Gasteiger partial charge is 0.488 e. The fourth-order valence-electron chi connectivity index (χ4n) is 3.31. The molecule has 148 valence electrons. The zero-order valence-electron chi connectivity index (χ0n) is 15.8. The number of benzene rings is 1. The van der Waals surface area contributed by atoms with Gasteiger partial charge in [-0.25, -0.2) is 0 Å². The molecule has 1 atom stereocenters. The summed E-state index contributed by atoms with van der Waals surface area (Å²) in [4.78, 5) is 4.29. The number of guanidine groups is 1. The average Bonchev–Trinajstić information content (AvgIpc) is 3.31. The van der Waals surface area contributed by atoms with E-state index in [0.717, 1.165) is 55.5 Å². The molecule has 0 bridgehead atoms. The second-order valence-corrected chi connectivity index (χ2v) is 6.58. The summed E-state index contributed by atoms with van der Waals surface area (Å²) < 4.78 is 7.98. The van der Waals surface area contributed by atoms with E-state index in [-0.39, 0.29) is 30.1 Å². The van der Waals surface area contributed by atoms with Gasteiger partial charge in [-0.3, -0.25) is 9.39 Å². The van der Waals surface area contributed by atoms with Crippen LogP contribution in [0.25, 0.3) is 5.65 Å². The first-order valence-corrected chi connectivity index (χ1v) is 9.31. The lowest BCUT2D eigenvalue weighted by Crippen LogP contribution is -2.42. The van der Waals surface area contributed by atoms with Gasteiger partial charge in [0.2, 0.25) is 0 Å². The number of hydrogen-bond acceptors (Lipinski definition) is 4. The minimum atomic E-state index is 0. The van der Waals surface area contributed by atoms with Gasteiger partial charge in [-0.05, 0) is 30.2 Å². The number of ether oxygens (including phenoxy) is 1. The van der Waals surface area contributed by atoms with Gasteiger partial charge in [-0.15, -0.1) is 34.2 Å². The molecule has 28 heavy (non-hydrogen) atoms. The molecule has 0 saturated heterocycles. The number of nitrogens with zero attached hydrogens (tertiary/aromatic N) is 4. The highest BCUT2D eigenvalue weighted by Crippen LogP contribution is 2.27. The first-order valence-electron chi connectivity index (χ1n) is 9.31. The zero-order chi connectivity index (χ0) is 18.5. The summed E-state index contributed by atoms with van der Waals surface area (Å²) in [6.07, 6.45) is 4.87. The summed E-state index contributed by atoms with van der Waals surface area (Å²) >= 11 is 0. The van der Waals surface area contributed by atoms with E-state index >= 15 is 0 Å². The van der Waals surface area contributed by atoms with Gasteiger partial charge in [0.15, 0.2) is 11.6 Å². The molecule has 0 spiro atoms. The fourth-order valence-corrected chi connectivity index (χ4v) is 3.31. The molecule has 2 aromatic heterocycles. The van der Waals surface area contributed by atoms with Gasteiger partial charge in [0.25, 0.3) is 0 Å². The van der Waals surface area contributed by atoms with Crippen LogP contribution in [0, 0.1) is 0 Å². The normalized spacial score (nSPS) is 15.6. The first kappa shape index (κ1) is 20.4. The molecule has 8 heteroatoms. The van der Waals surface area contributed by atoms with E-state index in [1.165, 1.54) is 5.56 Å². The Bertz CT molecular complexity index is 916. The summed E-state index contributed by atoms with van der Waals surface area (Å²) in [7, 11) is 1.78. The third kappa shape index (κ3) is 4.73. The Hall–Kier alpha value is -2.36. The van der Waals surface area contributed by atoms with E-state index in [0.29, 0.717) is 0 Å². The van der Waals surface area contributed by atoms with Gasteiger partial charge in [0.1, 0.15) is 17.7 Å². The van der Waals surface area contributed by atoms with Crippen molar-refractivity contribution >= 4 is 35.6 Å². The molecule has 0 amide bonds. The third-order valence-corrected chi connectivity index (χ3v) is 4.69. The number of pyridine rings is 1. The number of aromatic nitrogens is 3. The Balaban J connectivity index is 0.00000225. The van der Waals surface area contributed by atoms with Crippen LogP contribution in [-0.4, -0.2) is 46.8 Å². The van der Waals surface area contributed by atoms with Gasteiger partial charge >= 0.3 is 0 Å². The zero-order valence-corrected chi connectivity index (χ0v) is 18.2. The molecule has 2 N–H and O–H groups in total. The second-order valence-electron chi connectivity index (χ2n) is 6.58. The molecular formula is C20H25IN6O. The number of rotatable bonds is 6. The van der Waals surface area contributed by atoms with Gasteiger partial charge in [-0.1, -0.05) is 24.3 Å². The number of para-hydroxylation sites is 1. The highest BCUT2D eigenvalue weighted by molar-refractivity contribution is 14.0. The number of aliphatic imine (C=N–C) groups is 1. The number of halogens is 1. The van der Waals surface area contributed by atoms with Gasteiger partial charge in [-0.2, -0.15) is 0 Å². The summed E-state index contributed by atoms with van der Waals surface area (Å²) in [6.45, 7) is 1.54. The van der Waals surface area contributed by atoms with Crippen LogP contribution in [0.5, 0.6) is 5.75 Å². The molecule has 0 fully saturated rings. The van der Waals surface area contributed by atoms with E-state index < -0.39 is 0 Å². The van der Waals surface area contributed by atoms with E-state index in [1.54, 1.807) is 7.05 Å². The maximum atomic E-state index is 5.95. The van der Waals surface area contributed by atoms with Crippen molar-refractivity contribution in [3.8, 4) is 5.75 Å². The molecule has 1 unspecified atom stereocenters. The van der Waals surface area contributed by atoms with Crippen LogP contribution in [-0.2, 0) is 12.8 Å². The maximum absolute atomic E-state index is 5.95. The molecule has 0 radical (unpaired) electrons. The molecule has 0 saturated carbocycles. The van der Waals surface area contributed by atoms with E-state index in [4.69, 9.17) is 4.74 Å². The lowest BCUT2D eigenvalue weighted by atomic mass is 10.1. The van der Waals surface area contributed by atoms with Crippen LogP contribution in [0.15, 0.2) is 53.7 Å². The van der Waals surface area contributed by atoms with Gasteiger partial charge in [0.05, 0.1) is 6.54 Å². The second kappa shape index (κ2) is 9.72. The SMILES string of the molecule is CN=C(NCCCc1nnc2ccccn12)NCC1Cc2ccccc2O1.I. The van der Waals surface area contributed by atoms with Crippen molar-refractivity contribution in [1.82, 2.24) is 25.2 Å². The average molecular weight is 492 g/mol. The minimum absolute atomic E-state index is 0. The predicted octanol–water partition coefficient (Wildman–Crippen LogP) is 2.45. The van der Waals surface area contributed by atoms with Crippen molar-refractivity contribution in [2.24, 2.45) is 4.99 Å². The van der Waals surface area contributed by atoms with Crippen molar-refractivity contribution in [3.63, 3.8) is 0 Å². The van der Waals surface area contributed by atoms with Crippen LogP contribution in [0.1, 0.15) is 17.8 Å².